The quantitative estimate of drug-likeness (QED) is 0.513. The summed E-state index contributed by atoms with van der Waals surface area (Å²) in [4.78, 5) is 26.1. The first-order valence-corrected chi connectivity index (χ1v) is 8.72. The third-order valence-electron chi connectivity index (χ3n) is 3.96. The minimum Gasteiger partial charge on any atom is -0.461 e. The van der Waals surface area contributed by atoms with Crippen molar-refractivity contribution in [2.75, 3.05) is 18.6 Å². The van der Waals surface area contributed by atoms with E-state index in [4.69, 9.17) is 4.74 Å². The topological polar surface area (TPSA) is 107 Å². The largest absolute Gasteiger partial charge is 0.461 e. The fourth-order valence-corrected chi connectivity index (χ4v) is 3.62. The maximum Gasteiger partial charge on any atom is 0.354 e. The molecule has 2 aromatic rings. The molecule has 2 aliphatic rings. The molecule has 0 aliphatic carbocycles. The minimum absolute atomic E-state index is 0.0729. The second kappa shape index (κ2) is 6.26. The van der Waals surface area contributed by atoms with Gasteiger partial charge in [0, 0.05) is 11.3 Å². The third kappa shape index (κ3) is 2.99. The van der Waals surface area contributed by atoms with Gasteiger partial charge in [-0.05, 0) is 31.2 Å². The van der Waals surface area contributed by atoms with E-state index < -0.39 is 0 Å². The first kappa shape index (κ1) is 15.7. The Labute approximate surface area is 147 Å². The molecule has 1 unspecified atom stereocenters. The fraction of sp³-hybridized carbons (Fsp3) is 0.250. The van der Waals surface area contributed by atoms with Crippen LogP contribution in [0.25, 0.3) is 10.2 Å². The molecule has 0 spiro atoms. The number of H-pyrrole nitrogens is 1. The van der Waals surface area contributed by atoms with Crippen molar-refractivity contribution >= 4 is 33.2 Å². The van der Waals surface area contributed by atoms with Crippen molar-refractivity contribution in [2.45, 2.75) is 13.1 Å². The fourth-order valence-electron chi connectivity index (χ4n) is 2.85. The van der Waals surface area contributed by atoms with Crippen molar-refractivity contribution in [3.05, 3.63) is 51.0 Å². The van der Waals surface area contributed by atoms with Crippen molar-refractivity contribution in [3.8, 4) is 0 Å². The highest BCUT2D eigenvalue weighted by molar-refractivity contribution is 7.16. The zero-order chi connectivity index (χ0) is 17.4. The third-order valence-corrected chi connectivity index (χ3v) is 4.80. The number of esters is 1. The van der Waals surface area contributed by atoms with Crippen molar-refractivity contribution in [3.63, 3.8) is 0 Å². The summed E-state index contributed by atoms with van der Waals surface area (Å²) in [6.07, 6.45) is 1.62. The predicted octanol–water partition coefficient (Wildman–Crippen LogP) is 0.740. The summed E-state index contributed by atoms with van der Waals surface area (Å²) < 4.78 is 5.93. The van der Waals surface area contributed by atoms with Gasteiger partial charge in [-0.15, -0.1) is 0 Å². The molecule has 0 amide bonds. The number of aromatic nitrogens is 1. The molecule has 0 saturated heterocycles. The number of benzene rings is 1. The second-order valence-electron chi connectivity index (χ2n) is 5.59. The van der Waals surface area contributed by atoms with E-state index in [0.717, 1.165) is 27.3 Å². The Morgan fingerprint density at radius 2 is 2.32 bits per heavy atom. The van der Waals surface area contributed by atoms with Gasteiger partial charge >= 0.3 is 10.8 Å². The maximum atomic E-state index is 11.9. The number of ether oxygens (including phenoxy) is 1. The summed E-state index contributed by atoms with van der Waals surface area (Å²) >= 11 is 1.17. The molecular formula is C16H17N5O3S. The van der Waals surface area contributed by atoms with Crippen LogP contribution in [0.5, 0.6) is 0 Å². The van der Waals surface area contributed by atoms with Crippen molar-refractivity contribution in [1.82, 2.24) is 20.9 Å². The lowest BCUT2D eigenvalue weighted by Crippen LogP contribution is -2.50. The zero-order valence-electron chi connectivity index (χ0n) is 13.4. The van der Waals surface area contributed by atoms with Gasteiger partial charge < -0.3 is 25.7 Å². The average Bonchev–Trinajstić information content (AvgIpc) is 3.18. The molecule has 1 aromatic carbocycles. The lowest BCUT2D eigenvalue weighted by atomic mass is 10.2. The van der Waals surface area contributed by atoms with E-state index in [-0.39, 0.29) is 17.0 Å². The molecule has 25 heavy (non-hydrogen) atoms. The van der Waals surface area contributed by atoms with E-state index in [2.05, 4.69) is 26.3 Å². The van der Waals surface area contributed by atoms with Gasteiger partial charge in [0.25, 0.3) is 0 Å². The molecule has 1 aromatic heterocycles. The summed E-state index contributed by atoms with van der Waals surface area (Å²) in [5, 5.41) is 12.9. The van der Waals surface area contributed by atoms with Gasteiger partial charge in [-0.3, -0.25) is 10.1 Å². The van der Waals surface area contributed by atoms with Crippen LogP contribution in [0.3, 0.4) is 0 Å². The highest BCUT2D eigenvalue weighted by atomic mass is 32.1. The first-order chi connectivity index (χ1) is 12.1. The van der Waals surface area contributed by atoms with E-state index in [9.17, 15) is 9.59 Å². The summed E-state index contributed by atoms with van der Waals surface area (Å²) in [6.45, 7) is 2.66. The van der Waals surface area contributed by atoms with Crippen LogP contribution in [-0.4, -0.2) is 30.4 Å². The van der Waals surface area contributed by atoms with E-state index in [1.807, 2.05) is 18.2 Å². The van der Waals surface area contributed by atoms with Gasteiger partial charge in [0.15, 0.2) is 0 Å². The predicted molar refractivity (Wildman–Crippen MR) is 95.9 cm³/mol. The number of rotatable bonds is 4. The smallest absolute Gasteiger partial charge is 0.354 e. The highest BCUT2D eigenvalue weighted by Crippen LogP contribution is 2.24. The van der Waals surface area contributed by atoms with Crippen LogP contribution in [0.1, 0.15) is 6.92 Å². The number of aromatic amines is 1. The van der Waals surface area contributed by atoms with Gasteiger partial charge in [0.2, 0.25) is 0 Å². The van der Waals surface area contributed by atoms with E-state index in [0.29, 0.717) is 19.0 Å². The number of fused-ring (bicyclic) bond motifs is 2. The Kier molecular flexibility index (Phi) is 3.94. The lowest BCUT2D eigenvalue weighted by molar-refractivity contribution is -0.138. The van der Waals surface area contributed by atoms with Crippen molar-refractivity contribution < 1.29 is 9.53 Å². The lowest BCUT2D eigenvalue weighted by Gasteiger charge is -2.27. The van der Waals surface area contributed by atoms with Crippen molar-refractivity contribution in [2.24, 2.45) is 0 Å². The maximum absolute atomic E-state index is 11.9. The summed E-state index contributed by atoms with van der Waals surface area (Å²) in [5.41, 5.74) is 3.01. The van der Waals surface area contributed by atoms with E-state index in [1.54, 1.807) is 13.0 Å². The van der Waals surface area contributed by atoms with Gasteiger partial charge in [0.05, 0.1) is 23.5 Å². The van der Waals surface area contributed by atoms with Crippen LogP contribution in [0, 0.1) is 0 Å². The molecule has 8 nitrogen and oxygen atoms in total. The number of hydrogen-bond donors (Lipinski definition) is 5. The number of thiazole rings is 1. The summed E-state index contributed by atoms with van der Waals surface area (Å²) in [6, 6.07) is 5.68. The van der Waals surface area contributed by atoms with E-state index in [1.165, 1.54) is 11.3 Å². The number of anilines is 1. The molecule has 130 valence electrons. The first-order valence-electron chi connectivity index (χ1n) is 7.90. The second-order valence-corrected chi connectivity index (χ2v) is 6.61. The Hall–Kier alpha value is -2.78. The summed E-state index contributed by atoms with van der Waals surface area (Å²) in [7, 11) is 0. The van der Waals surface area contributed by atoms with Gasteiger partial charge in [-0.2, -0.15) is 0 Å². The Bertz CT molecular complexity index is 958. The molecule has 0 radical (unpaired) electrons. The van der Waals surface area contributed by atoms with Gasteiger partial charge in [0.1, 0.15) is 17.7 Å². The molecule has 9 heteroatoms. The molecule has 2 aliphatic heterocycles. The molecule has 0 saturated carbocycles. The monoisotopic (exact) mass is 359 g/mol. The molecule has 1 atom stereocenters. The van der Waals surface area contributed by atoms with Crippen molar-refractivity contribution in [1.29, 1.82) is 0 Å². The Balaban J connectivity index is 1.64. The molecule has 0 bridgehead atoms. The van der Waals surface area contributed by atoms with Crippen LogP contribution in [0.4, 0.5) is 5.69 Å². The number of carbonyl (C=O) groups excluding carboxylic acids is 1. The SMILES string of the molecule is CCOC(=O)C1=CC2=C(Nc3ccc4[nH]c(=O)sc4c3)NCNC2N1. The number of carbonyl (C=O) groups is 1. The van der Waals surface area contributed by atoms with Crippen LogP contribution < -0.4 is 26.1 Å². The van der Waals surface area contributed by atoms with Crippen LogP contribution in [0.2, 0.25) is 0 Å². The van der Waals surface area contributed by atoms with Crippen LogP contribution in [-0.2, 0) is 9.53 Å². The summed E-state index contributed by atoms with van der Waals surface area (Å²) in [5.74, 6) is 0.432. The van der Waals surface area contributed by atoms with Crippen LogP contribution in [0.15, 0.2) is 46.2 Å². The molecule has 0 fully saturated rings. The molecular weight excluding hydrogens is 342 g/mol. The Morgan fingerprint density at radius 3 is 3.16 bits per heavy atom. The molecule has 4 rings (SSSR count). The van der Waals surface area contributed by atoms with Gasteiger partial charge in [-0.25, -0.2) is 4.79 Å². The molecule has 5 N–H and O–H groups in total. The average molecular weight is 359 g/mol. The number of hydrogen-bond acceptors (Lipinski definition) is 8. The number of nitrogens with one attached hydrogen (secondary N) is 5. The highest BCUT2D eigenvalue weighted by Gasteiger charge is 2.30. The van der Waals surface area contributed by atoms with E-state index >= 15 is 0 Å². The standard InChI is InChI=1S/C16H17N5O3S/c1-2-24-15(22)11-6-9-13(17-7-18-14(9)20-11)19-8-3-4-10-12(5-8)25-16(23)21-10/h3-6,14,17-20H,2,7H2,1H3,(H,21,23). The van der Waals surface area contributed by atoms with Crippen LogP contribution >= 0.6 is 11.3 Å². The minimum atomic E-state index is -0.371. The Morgan fingerprint density at radius 1 is 1.44 bits per heavy atom. The molecule has 3 heterocycles. The van der Waals surface area contributed by atoms with Gasteiger partial charge in [-0.1, -0.05) is 11.3 Å². The zero-order valence-corrected chi connectivity index (χ0v) is 14.3. The normalized spacial score (nSPS) is 19.1.